The van der Waals surface area contributed by atoms with Crippen LogP contribution in [0.25, 0.3) is 11.3 Å². The number of anilines is 1. The number of benzene rings is 2. The second kappa shape index (κ2) is 6.06. The minimum atomic E-state index is 0.938. The summed E-state index contributed by atoms with van der Waals surface area (Å²) in [5.74, 6) is 0. The number of nitrogens with zero attached hydrogens (tertiary/aromatic N) is 1. The lowest BCUT2D eigenvalue weighted by molar-refractivity contribution is 1.02. The Kier molecular flexibility index (Phi) is 3.78. The lowest BCUT2D eigenvalue weighted by atomic mass is 10.1. The molecule has 0 unspecified atom stereocenters. The maximum Gasteiger partial charge on any atom is 0.0650 e. The Morgan fingerprint density at radius 2 is 1.70 bits per heavy atom. The van der Waals surface area contributed by atoms with Gasteiger partial charge in [-0.15, -0.1) is 0 Å². The molecule has 0 aliphatic heterocycles. The van der Waals surface area contributed by atoms with Gasteiger partial charge in [0, 0.05) is 18.4 Å². The zero-order valence-corrected chi connectivity index (χ0v) is 11.2. The minimum Gasteiger partial charge on any atom is -0.385 e. The second-order valence-electron chi connectivity index (χ2n) is 4.71. The van der Waals surface area contributed by atoms with E-state index < -0.39 is 0 Å². The Labute approximate surface area is 118 Å². The predicted octanol–water partition coefficient (Wildman–Crippen LogP) is 3.73. The molecule has 0 fully saturated rings. The van der Waals surface area contributed by atoms with Gasteiger partial charge in [0.15, 0.2) is 0 Å². The normalized spacial score (nSPS) is 10.4. The number of aromatic nitrogens is 2. The molecule has 0 aliphatic carbocycles. The topological polar surface area (TPSA) is 40.7 Å². The summed E-state index contributed by atoms with van der Waals surface area (Å²) in [6.07, 6.45) is 2.80. The Balaban J connectivity index is 1.56. The molecular weight excluding hydrogens is 246 g/mol. The molecule has 2 aromatic carbocycles. The molecule has 0 spiro atoms. The largest absolute Gasteiger partial charge is 0.385 e. The van der Waals surface area contributed by atoms with Crippen LogP contribution in [0.3, 0.4) is 0 Å². The number of aromatic amines is 1. The lowest BCUT2D eigenvalue weighted by Crippen LogP contribution is -2.04. The summed E-state index contributed by atoms with van der Waals surface area (Å²) in [6, 6.07) is 20.9. The van der Waals surface area contributed by atoms with Crippen LogP contribution < -0.4 is 5.32 Å². The van der Waals surface area contributed by atoms with Crippen LogP contribution in [0.2, 0.25) is 0 Å². The molecule has 0 saturated carbocycles. The molecule has 0 aliphatic rings. The van der Waals surface area contributed by atoms with Gasteiger partial charge in [0.1, 0.15) is 0 Å². The highest BCUT2D eigenvalue weighted by Crippen LogP contribution is 2.18. The van der Waals surface area contributed by atoms with Crippen molar-refractivity contribution in [3.05, 3.63) is 72.4 Å². The van der Waals surface area contributed by atoms with Gasteiger partial charge in [0.2, 0.25) is 0 Å². The summed E-state index contributed by atoms with van der Waals surface area (Å²) >= 11 is 0. The van der Waals surface area contributed by atoms with Gasteiger partial charge in [0.25, 0.3) is 0 Å². The molecule has 1 aromatic heterocycles. The molecule has 1 heterocycles. The number of rotatable bonds is 5. The Bertz CT molecular complexity index is 628. The fourth-order valence-corrected chi connectivity index (χ4v) is 2.18. The van der Waals surface area contributed by atoms with E-state index in [1.165, 1.54) is 5.56 Å². The SMILES string of the molecule is c1ccc(CCNc2ccc(-c3ccn[nH]3)cc2)cc1. The first-order valence-corrected chi connectivity index (χ1v) is 6.79. The van der Waals surface area contributed by atoms with E-state index >= 15 is 0 Å². The molecule has 0 bridgehead atoms. The van der Waals surface area contributed by atoms with Crippen molar-refractivity contribution in [1.82, 2.24) is 10.2 Å². The van der Waals surface area contributed by atoms with Gasteiger partial charge in [-0.3, -0.25) is 5.10 Å². The fraction of sp³-hybridized carbons (Fsp3) is 0.118. The van der Waals surface area contributed by atoms with E-state index in [0.29, 0.717) is 0 Å². The first-order chi connectivity index (χ1) is 9.92. The molecule has 3 aromatic rings. The van der Waals surface area contributed by atoms with Gasteiger partial charge in [-0.2, -0.15) is 5.10 Å². The number of hydrogen-bond donors (Lipinski definition) is 2. The van der Waals surface area contributed by atoms with E-state index in [9.17, 15) is 0 Å². The summed E-state index contributed by atoms with van der Waals surface area (Å²) < 4.78 is 0. The highest BCUT2D eigenvalue weighted by molar-refractivity contribution is 5.62. The van der Waals surface area contributed by atoms with Crippen molar-refractivity contribution >= 4 is 5.69 Å². The molecule has 3 heteroatoms. The van der Waals surface area contributed by atoms with E-state index in [1.54, 1.807) is 6.20 Å². The molecule has 0 amide bonds. The van der Waals surface area contributed by atoms with E-state index in [2.05, 4.69) is 64.0 Å². The molecule has 0 saturated heterocycles. The molecule has 3 rings (SSSR count). The van der Waals surface area contributed by atoms with Crippen LogP contribution in [0.4, 0.5) is 5.69 Å². The minimum absolute atomic E-state index is 0.938. The van der Waals surface area contributed by atoms with Crippen molar-refractivity contribution < 1.29 is 0 Å². The van der Waals surface area contributed by atoms with Gasteiger partial charge in [0.05, 0.1) is 5.69 Å². The lowest BCUT2D eigenvalue weighted by Gasteiger charge is -2.07. The Morgan fingerprint density at radius 1 is 0.900 bits per heavy atom. The van der Waals surface area contributed by atoms with Crippen LogP contribution in [-0.2, 0) is 6.42 Å². The smallest absolute Gasteiger partial charge is 0.0650 e. The van der Waals surface area contributed by atoms with Gasteiger partial charge < -0.3 is 5.32 Å². The van der Waals surface area contributed by atoms with Gasteiger partial charge in [-0.25, -0.2) is 0 Å². The third-order valence-electron chi connectivity index (χ3n) is 3.28. The maximum atomic E-state index is 3.96. The van der Waals surface area contributed by atoms with Crippen molar-refractivity contribution in [1.29, 1.82) is 0 Å². The number of H-pyrrole nitrogens is 1. The summed E-state index contributed by atoms with van der Waals surface area (Å²) in [5, 5.41) is 10.4. The number of hydrogen-bond acceptors (Lipinski definition) is 2. The molecule has 2 N–H and O–H groups in total. The van der Waals surface area contributed by atoms with Gasteiger partial charge in [-0.1, -0.05) is 42.5 Å². The van der Waals surface area contributed by atoms with Crippen LogP contribution in [0, 0.1) is 0 Å². The molecule has 0 radical (unpaired) electrons. The first-order valence-electron chi connectivity index (χ1n) is 6.79. The average Bonchev–Trinajstić information content (AvgIpc) is 3.03. The van der Waals surface area contributed by atoms with Gasteiger partial charge in [-0.05, 0) is 35.7 Å². The van der Waals surface area contributed by atoms with Crippen LogP contribution >= 0.6 is 0 Å². The molecule has 20 heavy (non-hydrogen) atoms. The van der Waals surface area contributed by atoms with Crippen molar-refractivity contribution in [2.45, 2.75) is 6.42 Å². The molecular formula is C17H17N3. The quantitative estimate of drug-likeness (QED) is 0.736. The highest BCUT2D eigenvalue weighted by Gasteiger charge is 1.98. The highest BCUT2D eigenvalue weighted by atomic mass is 15.1. The van der Waals surface area contributed by atoms with E-state index in [1.807, 2.05) is 12.1 Å². The zero-order chi connectivity index (χ0) is 13.6. The summed E-state index contributed by atoms with van der Waals surface area (Å²) in [4.78, 5) is 0. The second-order valence-corrected chi connectivity index (χ2v) is 4.71. The summed E-state index contributed by atoms with van der Waals surface area (Å²) in [6.45, 7) is 0.938. The third kappa shape index (κ3) is 3.06. The standard InChI is InChI=1S/C17H17N3/c1-2-4-14(5-3-1)10-12-18-16-8-6-15(7-9-16)17-11-13-19-20-17/h1-9,11,13,18H,10,12H2,(H,19,20). The average molecular weight is 263 g/mol. The van der Waals surface area contributed by atoms with Crippen LogP contribution in [0.15, 0.2) is 66.9 Å². The molecule has 0 atom stereocenters. The van der Waals surface area contributed by atoms with Crippen molar-refractivity contribution in [2.24, 2.45) is 0 Å². The Morgan fingerprint density at radius 3 is 2.40 bits per heavy atom. The van der Waals surface area contributed by atoms with E-state index in [0.717, 1.165) is 29.9 Å². The third-order valence-corrected chi connectivity index (χ3v) is 3.28. The van der Waals surface area contributed by atoms with Crippen molar-refractivity contribution in [2.75, 3.05) is 11.9 Å². The zero-order valence-electron chi connectivity index (χ0n) is 11.2. The molecule has 3 nitrogen and oxygen atoms in total. The monoisotopic (exact) mass is 263 g/mol. The summed E-state index contributed by atoms with van der Waals surface area (Å²) in [7, 11) is 0. The van der Waals surface area contributed by atoms with Crippen LogP contribution in [0.1, 0.15) is 5.56 Å². The predicted molar refractivity (Wildman–Crippen MR) is 82.7 cm³/mol. The summed E-state index contributed by atoms with van der Waals surface area (Å²) in [5.41, 5.74) is 4.69. The molecule has 100 valence electrons. The van der Waals surface area contributed by atoms with Crippen molar-refractivity contribution in [3.8, 4) is 11.3 Å². The van der Waals surface area contributed by atoms with E-state index in [4.69, 9.17) is 0 Å². The Hall–Kier alpha value is -2.55. The van der Waals surface area contributed by atoms with E-state index in [-0.39, 0.29) is 0 Å². The maximum absolute atomic E-state index is 3.96. The fourth-order valence-electron chi connectivity index (χ4n) is 2.18. The van der Waals surface area contributed by atoms with Gasteiger partial charge >= 0.3 is 0 Å². The van der Waals surface area contributed by atoms with Crippen molar-refractivity contribution in [3.63, 3.8) is 0 Å². The van der Waals surface area contributed by atoms with Crippen LogP contribution in [0.5, 0.6) is 0 Å². The van der Waals surface area contributed by atoms with Crippen LogP contribution in [-0.4, -0.2) is 16.7 Å². The number of nitrogens with one attached hydrogen (secondary N) is 2. The first kappa shape index (κ1) is 12.5.